The zero-order valence-corrected chi connectivity index (χ0v) is 14.5. The van der Waals surface area contributed by atoms with E-state index < -0.39 is 0 Å². The van der Waals surface area contributed by atoms with E-state index in [1.807, 2.05) is 17.8 Å². The topological polar surface area (TPSA) is 50.6 Å². The molecule has 6 heteroatoms. The third-order valence-corrected chi connectivity index (χ3v) is 2.46. The zero-order chi connectivity index (χ0) is 13.4. The van der Waals surface area contributed by atoms with Gasteiger partial charge in [0.2, 0.25) is 0 Å². The normalized spacial score (nSPS) is 12.7. The highest BCUT2D eigenvalue weighted by Crippen LogP contribution is 2.01. The van der Waals surface area contributed by atoms with Crippen LogP contribution in [0.1, 0.15) is 19.4 Å². The predicted molar refractivity (Wildman–Crippen MR) is 90.1 cm³/mol. The summed E-state index contributed by atoms with van der Waals surface area (Å²) in [4.78, 5) is 4.54. The van der Waals surface area contributed by atoms with Crippen molar-refractivity contribution in [2.24, 2.45) is 12.0 Å². The molecule has 1 unspecified atom stereocenters. The van der Waals surface area contributed by atoms with Crippen molar-refractivity contribution >= 4 is 29.9 Å². The number of ether oxygens (including phenoxy) is 1. The minimum absolute atomic E-state index is 0. The lowest BCUT2D eigenvalue weighted by Crippen LogP contribution is -2.43. The van der Waals surface area contributed by atoms with Gasteiger partial charge in [0.25, 0.3) is 0 Å². The monoisotopic (exact) mass is 380 g/mol. The molecule has 0 spiro atoms. The number of aryl methyl sites for hydroxylation is 1. The fourth-order valence-electron chi connectivity index (χ4n) is 1.67. The molecule has 0 radical (unpaired) electrons. The van der Waals surface area contributed by atoms with Gasteiger partial charge in [-0.3, -0.25) is 0 Å². The number of aliphatic imine (C=N–C) groups is 1. The first-order chi connectivity index (χ1) is 8.65. The Bertz CT molecular complexity index is 378. The average Bonchev–Trinajstić information content (AvgIpc) is 2.73. The number of methoxy groups -OCH3 is 1. The summed E-state index contributed by atoms with van der Waals surface area (Å²) >= 11 is 0. The summed E-state index contributed by atoms with van der Waals surface area (Å²) in [6, 6.07) is 2.31. The molecule has 1 heterocycles. The first-order valence-corrected chi connectivity index (χ1v) is 6.30. The van der Waals surface area contributed by atoms with E-state index >= 15 is 0 Å². The Morgan fingerprint density at radius 3 is 2.79 bits per heavy atom. The SMILES string of the molecule is CCNC(=NCc1ccn(C)c1)NC(C)COC.I. The molecular formula is C13H25IN4O. The molecule has 0 fully saturated rings. The maximum atomic E-state index is 5.10. The van der Waals surface area contributed by atoms with Crippen molar-refractivity contribution in [3.05, 3.63) is 24.0 Å². The molecule has 110 valence electrons. The van der Waals surface area contributed by atoms with Crippen LogP contribution in [-0.2, 0) is 18.3 Å². The van der Waals surface area contributed by atoms with E-state index in [4.69, 9.17) is 4.74 Å². The number of hydrogen-bond donors (Lipinski definition) is 2. The van der Waals surface area contributed by atoms with Crippen LogP contribution in [0.2, 0.25) is 0 Å². The van der Waals surface area contributed by atoms with Gasteiger partial charge in [-0.2, -0.15) is 0 Å². The van der Waals surface area contributed by atoms with Gasteiger partial charge in [-0.1, -0.05) is 0 Å². The summed E-state index contributed by atoms with van der Waals surface area (Å²) in [6.45, 7) is 6.31. The van der Waals surface area contributed by atoms with Crippen molar-refractivity contribution in [3.8, 4) is 0 Å². The lowest BCUT2D eigenvalue weighted by molar-refractivity contribution is 0.179. The number of guanidine groups is 1. The van der Waals surface area contributed by atoms with Crippen LogP contribution in [-0.4, -0.2) is 36.8 Å². The van der Waals surface area contributed by atoms with Gasteiger partial charge >= 0.3 is 0 Å². The quantitative estimate of drug-likeness (QED) is 0.449. The first kappa shape index (κ1) is 18.2. The van der Waals surface area contributed by atoms with E-state index in [1.54, 1.807) is 7.11 Å². The minimum Gasteiger partial charge on any atom is -0.383 e. The van der Waals surface area contributed by atoms with Crippen molar-refractivity contribution in [2.45, 2.75) is 26.4 Å². The second-order valence-corrected chi connectivity index (χ2v) is 4.38. The molecule has 2 N–H and O–H groups in total. The second kappa shape index (κ2) is 10.1. The molecule has 0 aliphatic heterocycles. The van der Waals surface area contributed by atoms with E-state index in [-0.39, 0.29) is 30.0 Å². The van der Waals surface area contributed by atoms with Gasteiger partial charge in [-0.05, 0) is 25.5 Å². The van der Waals surface area contributed by atoms with Crippen LogP contribution in [0.4, 0.5) is 0 Å². The van der Waals surface area contributed by atoms with E-state index in [1.165, 1.54) is 5.56 Å². The third-order valence-electron chi connectivity index (χ3n) is 2.46. The highest BCUT2D eigenvalue weighted by Gasteiger charge is 2.04. The van der Waals surface area contributed by atoms with Crippen molar-refractivity contribution in [2.75, 3.05) is 20.3 Å². The largest absolute Gasteiger partial charge is 0.383 e. The smallest absolute Gasteiger partial charge is 0.191 e. The van der Waals surface area contributed by atoms with E-state index in [9.17, 15) is 0 Å². The van der Waals surface area contributed by atoms with E-state index in [0.29, 0.717) is 13.2 Å². The number of rotatable bonds is 6. The molecule has 19 heavy (non-hydrogen) atoms. The Balaban J connectivity index is 0.00000324. The van der Waals surface area contributed by atoms with Crippen molar-refractivity contribution < 1.29 is 4.74 Å². The lowest BCUT2D eigenvalue weighted by atomic mass is 10.3. The van der Waals surface area contributed by atoms with Gasteiger partial charge in [-0.25, -0.2) is 4.99 Å². The summed E-state index contributed by atoms with van der Waals surface area (Å²) in [6.07, 6.45) is 4.10. The van der Waals surface area contributed by atoms with Gasteiger partial charge in [0.15, 0.2) is 5.96 Å². The van der Waals surface area contributed by atoms with Crippen molar-refractivity contribution in [1.29, 1.82) is 0 Å². The van der Waals surface area contributed by atoms with Crippen LogP contribution < -0.4 is 10.6 Å². The van der Waals surface area contributed by atoms with E-state index in [0.717, 1.165) is 12.5 Å². The molecule has 0 saturated carbocycles. The molecule has 0 aliphatic carbocycles. The number of aromatic nitrogens is 1. The summed E-state index contributed by atoms with van der Waals surface area (Å²) in [7, 11) is 3.71. The van der Waals surface area contributed by atoms with Crippen molar-refractivity contribution in [1.82, 2.24) is 15.2 Å². The maximum absolute atomic E-state index is 5.10. The summed E-state index contributed by atoms with van der Waals surface area (Å²) in [5.41, 5.74) is 1.20. The summed E-state index contributed by atoms with van der Waals surface area (Å²) in [5.74, 6) is 0.825. The molecule has 0 aromatic carbocycles. The number of nitrogens with zero attached hydrogens (tertiary/aromatic N) is 2. The first-order valence-electron chi connectivity index (χ1n) is 6.30. The van der Waals surface area contributed by atoms with Crippen LogP contribution in [0.5, 0.6) is 0 Å². The molecular weight excluding hydrogens is 355 g/mol. The summed E-state index contributed by atoms with van der Waals surface area (Å²) < 4.78 is 7.13. The van der Waals surface area contributed by atoms with Crippen molar-refractivity contribution in [3.63, 3.8) is 0 Å². The number of halogens is 1. The third kappa shape index (κ3) is 7.41. The standard InChI is InChI=1S/C13H24N4O.HI/c1-5-14-13(16-11(2)10-18-4)15-8-12-6-7-17(3)9-12;/h6-7,9,11H,5,8,10H2,1-4H3,(H2,14,15,16);1H. The van der Waals surface area contributed by atoms with Crippen LogP contribution in [0.15, 0.2) is 23.5 Å². The second-order valence-electron chi connectivity index (χ2n) is 4.38. The van der Waals surface area contributed by atoms with Crippen LogP contribution >= 0.6 is 24.0 Å². The Kier molecular flexibility index (Phi) is 9.68. The Labute approximate surface area is 132 Å². The fourth-order valence-corrected chi connectivity index (χ4v) is 1.67. The van der Waals surface area contributed by atoms with Crippen LogP contribution in [0, 0.1) is 0 Å². The highest BCUT2D eigenvalue weighted by atomic mass is 127. The Morgan fingerprint density at radius 2 is 2.26 bits per heavy atom. The van der Waals surface area contributed by atoms with Crippen LogP contribution in [0.3, 0.4) is 0 Å². The molecule has 0 aliphatic rings. The molecule has 1 rings (SSSR count). The molecule has 0 amide bonds. The molecule has 5 nitrogen and oxygen atoms in total. The summed E-state index contributed by atoms with van der Waals surface area (Å²) in [5, 5.41) is 6.53. The Hall–Kier alpha value is -0.760. The molecule has 0 bridgehead atoms. The molecule has 1 aromatic heterocycles. The maximum Gasteiger partial charge on any atom is 0.191 e. The van der Waals surface area contributed by atoms with Gasteiger partial charge in [0.05, 0.1) is 13.2 Å². The van der Waals surface area contributed by atoms with E-state index in [2.05, 4.69) is 41.7 Å². The fraction of sp³-hybridized carbons (Fsp3) is 0.615. The molecule has 0 saturated heterocycles. The highest BCUT2D eigenvalue weighted by molar-refractivity contribution is 14.0. The minimum atomic E-state index is 0. The van der Waals surface area contributed by atoms with Gasteiger partial charge in [0.1, 0.15) is 0 Å². The lowest BCUT2D eigenvalue weighted by Gasteiger charge is -2.16. The Morgan fingerprint density at radius 1 is 1.53 bits per heavy atom. The number of nitrogens with one attached hydrogen (secondary N) is 2. The van der Waals surface area contributed by atoms with Gasteiger partial charge in [-0.15, -0.1) is 24.0 Å². The molecule has 1 atom stereocenters. The predicted octanol–water partition coefficient (Wildman–Crippen LogP) is 1.73. The average molecular weight is 380 g/mol. The van der Waals surface area contributed by atoms with Gasteiger partial charge < -0.3 is 19.9 Å². The molecule has 1 aromatic rings. The zero-order valence-electron chi connectivity index (χ0n) is 12.1. The number of hydrogen-bond acceptors (Lipinski definition) is 2. The van der Waals surface area contributed by atoms with Gasteiger partial charge in [0, 0.05) is 39.1 Å². The van der Waals surface area contributed by atoms with Crippen LogP contribution in [0.25, 0.3) is 0 Å².